The molecule has 1 heterocycles. The van der Waals surface area contributed by atoms with Crippen molar-refractivity contribution in [3.63, 3.8) is 0 Å². The fourth-order valence-electron chi connectivity index (χ4n) is 2.62. The van der Waals surface area contributed by atoms with Crippen LogP contribution in [0.25, 0.3) is 0 Å². The Bertz CT molecular complexity index is 458. The summed E-state index contributed by atoms with van der Waals surface area (Å²) in [6, 6.07) is 1.76. The van der Waals surface area contributed by atoms with Crippen LogP contribution in [0.4, 0.5) is 5.69 Å². The molecular formula is C15H25N3O. The Morgan fingerprint density at radius 2 is 2.21 bits per heavy atom. The zero-order valence-electron chi connectivity index (χ0n) is 12.2. The van der Waals surface area contributed by atoms with Gasteiger partial charge in [0, 0.05) is 19.3 Å². The van der Waals surface area contributed by atoms with Crippen LogP contribution in [0, 0.1) is 11.3 Å². The van der Waals surface area contributed by atoms with Crippen LogP contribution in [0.5, 0.6) is 0 Å². The lowest BCUT2D eigenvalue weighted by Crippen LogP contribution is -2.33. The summed E-state index contributed by atoms with van der Waals surface area (Å²) >= 11 is 0. The molecule has 3 N–H and O–H groups in total. The topological polar surface area (TPSA) is 60.0 Å². The number of nitrogens with one attached hydrogen (secondary N) is 1. The maximum Gasteiger partial charge on any atom is 0.268 e. The first-order valence-corrected chi connectivity index (χ1v) is 7.22. The van der Waals surface area contributed by atoms with E-state index in [1.807, 2.05) is 10.8 Å². The van der Waals surface area contributed by atoms with Gasteiger partial charge in [-0.1, -0.05) is 20.8 Å². The Kier molecular flexibility index (Phi) is 3.88. The Hall–Kier alpha value is -1.45. The Balaban J connectivity index is 2.00. The van der Waals surface area contributed by atoms with Gasteiger partial charge in [-0.25, -0.2) is 0 Å². The van der Waals surface area contributed by atoms with E-state index in [1.165, 1.54) is 12.8 Å². The number of nitrogen functional groups attached to an aromatic ring is 1. The molecule has 0 aliphatic heterocycles. The van der Waals surface area contributed by atoms with Gasteiger partial charge in [0.1, 0.15) is 5.69 Å². The van der Waals surface area contributed by atoms with Crippen molar-refractivity contribution in [1.82, 2.24) is 9.88 Å². The van der Waals surface area contributed by atoms with Crippen molar-refractivity contribution in [1.29, 1.82) is 0 Å². The van der Waals surface area contributed by atoms with Crippen molar-refractivity contribution in [2.45, 2.75) is 46.6 Å². The zero-order valence-corrected chi connectivity index (χ0v) is 12.2. The molecule has 0 atom stereocenters. The predicted molar refractivity (Wildman–Crippen MR) is 78.0 cm³/mol. The lowest BCUT2D eigenvalue weighted by Gasteiger charge is -2.20. The molecule has 4 nitrogen and oxygen atoms in total. The number of aromatic nitrogens is 1. The number of hydrogen-bond acceptors (Lipinski definition) is 2. The average molecular weight is 263 g/mol. The number of hydrogen-bond donors (Lipinski definition) is 2. The molecule has 19 heavy (non-hydrogen) atoms. The van der Waals surface area contributed by atoms with Crippen LogP contribution < -0.4 is 11.1 Å². The molecule has 4 heteroatoms. The van der Waals surface area contributed by atoms with Gasteiger partial charge < -0.3 is 15.6 Å². The van der Waals surface area contributed by atoms with Gasteiger partial charge in [-0.15, -0.1) is 0 Å². The minimum absolute atomic E-state index is 0.00271. The number of carbonyl (C=O) groups excluding carboxylic acids is 1. The minimum Gasteiger partial charge on any atom is -0.397 e. The second-order valence-electron chi connectivity index (χ2n) is 6.05. The highest BCUT2D eigenvalue weighted by atomic mass is 16.1. The van der Waals surface area contributed by atoms with Crippen molar-refractivity contribution in [2.24, 2.45) is 11.3 Å². The second-order valence-corrected chi connectivity index (χ2v) is 6.05. The SMILES string of the molecule is CCCn1cc(N)cc1C(=O)NCC1(C(C)C)CC1. The molecule has 1 aromatic rings. The van der Waals surface area contributed by atoms with Gasteiger partial charge in [0.05, 0.1) is 5.69 Å². The van der Waals surface area contributed by atoms with Crippen LogP contribution >= 0.6 is 0 Å². The van der Waals surface area contributed by atoms with Gasteiger partial charge in [0.25, 0.3) is 5.91 Å². The van der Waals surface area contributed by atoms with E-state index >= 15 is 0 Å². The molecular weight excluding hydrogens is 238 g/mol. The Morgan fingerprint density at radius 3 is 2.74 bits per heavy atom. The smallest absolute Gasteiger partial charge is 0.268 e. The van der Waals surface area contributed by atoms with Gasteiger partial charge in [0.15, 0.2) is 0 Å². The fourth-order valence-corrected chi connectivity index (χ4v) is 2.62. The van der Waals surface area contributed by atoms with Gasteiger partial charge in [-0.2, -0.15) is 0 Å². The molecule has 1 aliphatic carbocycles. The normalized spacial score (nSPS) is 16.6. The zero-order chi connectivity index (χ0) is 14.0. The third-order valence-corrected chi connectivity index (χ3v) is 4.33. The first kappa shape index (κ1) is 14.0. The molecule has 1 saturated carbocycles. The fraction of sp³-hybridized carbons (Fsp3) is 0.667. The number of carbonyl (C=O) groups is 1. The first-order valence-electron chi connectivity index (χ1n) is 7.22. The molecule has 1 fully saturated rings. The summed E-state index contributed by atoms with van der Waals surface area (Å²) < 4.78 is 1.94. The van der Waals surface area contributed by atoms with Gasteiger partial charge >= 0.3 is 0 Å². The molecule has 1 aromatic heterocycles. The van der Waals surface area contributed by atoms with Crippen molar-refractivity contribution in [3.05, 3.63) is 18.0 Å². The van der Waals surface area contributed by atoms with Gasteiger partial charge in [-0.05, 0) is 36.7 Å². The monoisotopic (exact) mass is 263 g/mol. The molecule has 0 aromatic carbocycles. The largest absolute Gasteiger partial charge is 0.397 e. The molecule has 0 unspecified atom stereocenters. The van der Waals surface area contributed by atoms with Crippen LogP contribution in [0.1, 0.15) is 50.5 Å². The number of rotatable bonds is 6. The Labute approximate surface area is 115 Å². The van der Waals surface area contributed by atoms with E-state index in [4.69, 9.17) is 5.73 Å². The number of nitrogens with two attached hydrogens (primary N) is 1. The van der Waals surface area contributed by atoms with Gasteiger partial charge in [-0.3, -0.25) is 4.79 Å². The summed E-state index contributed by atoms with van der Waals surface area (Å²) in [5.41, 5.74) is 7.46. The quantitative estimate of drug-likeness (QED) is 0.829. The molecule has 1 aliphatic rings. The highest BCUT2D eigenvalue weighted by Gasteiger charge is 2.45. The number of nitrogens with zero attached hydrogens (tertiary/aromatic N) is 1. The summed E-state index contributed by atoms with van der Waals surface area (Å²) in [4.78, 5) is 12.3. The third-order valence-electron chi connectivity index (χ3n) is 4.33. The lowest BCUT2D eigenvalue weighted by atomic mass is 9.92. The van der Waals surface area contributed by atoms with E-state index < -0.39 is 0 Å². The molecule has 0 radical (unpaired) electrons. The van der Waals surface area contributed by atoms with Crippen LogP contribution in [-0.4, -0.2) is 17.0 Å². The van der Waals surface area contributed by atoms with Crippen LogP contribution in [0.3, 0.4) is 0 Å². The predicted octanol–water partition coefficient (Wildman–Crippen LogP) is 2.65. The number of aryl methyl sites for hydroxylation is 1. The molecule has 106 valence electrons. The summed E-state index contributed by atoms with van der Waals surface area (Å²) in [5.74, 6) is 0.623. The highest BCUT2D eigenvalue weighted by molar-refractivity contribution is 5.93. The van der Waals surface area contributed by atoms with Crippen LogP contribution in [0.2, 0.25) is 0 Å². The molecule has 0 bridgehead atoms. The van der Waals surface area contributed by atoms with Crippen molar-refractivity contribution >= 4 is 11.6 Å². The Morgan fingerprint density at radius 1 is 1.53 bits per heavy atom. The summed E-state index contributed by atoms with van der Waals surface area (Å²) in [6.07, 6.45) is 5.28. The summed E-state index contributed by atoms with van der Waals surface area (Å²) in [5, 5.41) is 3.08. The summed E-state index contributed by atoms with van der Waals surface area (Å²) in [6.45, 7) is 8.17. The summed E-state index contributed by atoms with van der Waals surface area (Å²) in [7, 11) is 0. The lowest BCUT2D eigenvalue weighted by molar-refractivity contribution is 0.0930. The highest BCUT2D eigenvalue weighted by Crippen LogP contribution is 2.51. The average Bonchev–Trinajstić information content (AvgIpc) is 3.06. The first-order chi connectivity index (χ1) is 8.98. The van der Waals surface area contributed by atoms with E-state index in [0.717, 1.165) is 19.5 Å². The minimum atomic E-state index is -0.00271. The van der Waals surface area contributed by atoms with Crippen molar-refractivity contribution in [3.8, 4) is 0 Å². The standard InChI is InChI=1S/C15H25N3O/c1-4-7-18-9-12(16)8-13(18)14(19)17-10-15(5-6-15)11(2)3/h8-9,11H,4-7,10,16H2,1-3H3,(H,17,19). The second kappa shape index (κ2) is 5.27. The van der Waals surface area contributed by atoms with Crippen LogP contribution in [0.15, 0.2) is 12.3 Å². The maximum atomic E-state index is 12.3. The third kappa shape index (κ3) is 2.94. The van der Waals surface area contributed by atoms with E-state index in [9.17, 15) is 4.79 Å². The van der Waals surface area contributed by atoms with E-state index in [1.54, 1.807) is 6.07 Å². The molecule has 0 saturated heterocycles. The van der Waals surface area contributed by atoms with Crippen molar-refractivity contribution < 1.29 is 4.79 Å². The number of anilines is 1. The molecule has 1 amide bonds. The number of amides is 1. The van der Waals surface area contributed by atoms with Gasteiger partial charge in [0.2, 0.25) is 0 Å². The maximum absolute atomic E-state index is 12.3. The molecule has 0 spiro atoms. The van der Waals surface area contributed by atoms with E-state index in [0.29, 0.717) is 22.7 Å². The van der Waals surface area contributed by atoms with E-state index in [2.05, 4.69) is 26.1 Å². The van der Waals surface area contributed by atoms with E-state index in [-0.39, 0.29) is 5.91 Å². The van der Waals surface area contributed by atoms with Crippen molar-refractivity contribution in [2.75, 3.05) is 12.3 Å². The van der Waals surface area contributed by atoms with Crippen LogP contribution in [-0.2, 0) is 6.54 Å². The molecule has 2 rings (SSSR count).